The molecule has 3 N–H and O–H groups in total. The zero-order chi connectivity index (χ0) is 15.2. The fourth-order valence-electron chi connectivity index (χ4n) is 1.75. The first-order valence-corrected chi connectivity index (χ1v) is 6.93. The number of benzene rings is 1. The maximum atomic E-state index is 6.11. The van der Waals surface area contributed by atoms with Gasteiger partial charge in [-0.05, 0) is 30.4 Å². The normalized spacial score (nSPS) is 13.0. The predicted octanol–water partition coefficient (Wildman–Crippen LogP) is 2.45. The van der Waals surface area contributed by atoms with Crippen LogP contribution in [0.15, 0.2) is 30.0 Å². The van der Waals surface area contributed by atoms with Crippen LogP contribution in [0.25, 0.3) is 0 Å². The minimum Gasteiger partial charge on any atom is -0.495 e. The fourth-order valence-corrected chi connectivity index (χ4v) is 2.23. The lowest BCUT2D eigenvalue weighted by molar-refractivity contribution is 0.396. The molecular formula is C14H15ClN3O2S. The van der Waals surface area contributed by atoms with Crippen molar-refractivity contribution in [3.05, 3.63) is 41.2 Å². The minimum absolute atomic E-state index is 0.442. The maximum absolute atomic E-state index is 6.11. The first-order chi connectivity index (χ1) is 10.1. The average molecular weight is 325 g/mol. The third-order valence-electron chi connectivity index (χ3n) is 2.74. The Morgan fingerprint density at radius 2 is 2.05 bits per heavy atom. The Hall–Kier alpha value is -1.92. The standard InChI is InChI=1S/C14H15ClN3O2S/c1-19-12-7-13(20-2)11(6-10(12)15)18-14(21)17-9-4-3-5-16-8-9/h3-4,6-7,16H,8H2,1-2H3,(H2,17,18,21). The van der Waals surface area contributed by atoms with E-state index in [-0.39, 0.29) is 0 Å². The molecule has 2 rings (SSSR count). The van der Waals surface area contributed by atoms with Crippen molar-refractivity contribution in [1.29, 1.82) is 0 Å². The van der Waals surface area contributed by atoms with Crippen molar-refractivity contribution in [3.63, 3.8) is 0 Å². The molecular weight excluding hydrogens is 310 g/mol. The van der Waals surface area contributed by atoms with Crippen LogP contribution in [-0.4, -0.2) is 25.9 Å². The summed E-state index contributed by atoms with van der Waals surface area (Å²) in [7, 11) is 3.12. The quantitative estimate of drug-likeness (QED) is 0.740. The number of dihydropyridines is 1. The van der Waals surface area contributed by atoms with Crippen LogP contribution in [0, 0.1) is 6.20 Å². The van der Waals surface area contributed by atoms with Crippen molar-refractivity contribution in [3.8, 4) is 11.5 Å². The van der Waals surface area contributed by atoms with Crippen LogP contribution >= 0.6 is 23.8 Å². The molecule has 1 radical (unpaired) electrons. The lowest BCUT2D eigenvalue weighted by Gasteiger charge is -2.17. The Morgan fingerprint density at radius 3 is 2.67 bits per heavy atom. The summed E-state index contributed by atoms with van der Waals surface area (Å²) in [6.45, 7) is 0.638. The SMILES string of the molecule is COc1cc(OC)c(NC(=S)NC2=CC=[C]NC2)cc1Cl. The van der Waals surface area contributed by atoms with Crippen LogP contribution in [0.3, 0.4) is 0 Å². The summed E-state index contributed by atoms with van der Waals surface area (Å²) in [5.74, 6) is 1.13. The number of halogens is 1. The van der Waals surface area contributed by atoms with Gasteiger partial charge in [-0.15, -0.1) is 0 Å². The van der Waals surface area contributed by atoms with Crippen LogP contribution in [0.5, 0.6) is 11.5 Å². The third kappa shape index (κ3) is 4.03. The number of hydrogen-bond donors (Lipinski definition) is 3. The van der Waals surface area contributed by atoms with Gasteiger partial charge in [-0.3, -0.25) is 0 Å². The van der Waals surface area contributed by atoms with E-state index >= 15 is 0 Å². The number of nitrogens with one attached hydrogen (secondary N) is 3. The van der Waals surface area contributed by atoms with Crippen molar-refractivity contribution < 1.29 is 9.47 Å². The molecule has 0 saturated carbocycles. The van der Waals surface area contributed by atoms with Gasteiger partial charge < -0.3 is 25.4 Å². The molecule has 21 heavy (non-hydrogen) atoms. The molecule has 0 fully saturated rings. The van der Waals surface area contributed by atoms with Crippen LogP contribution in [0.1, 0.15) is 0 Å². The van der Waals surface area contributed by atoms with E-state index in [2.05, 4.69) is 22.2 Å². The van der Waals surface area contributed by atoms with E-state index in [9.17, 15) is 0 Å². The van der Waals surface area contributed by atoms with Crippen molar-refractivity contribution in [1.82, 2.24) is 10.6 Å². The highest BCUT2D eigenvalue weighted by Crippen LogP contribution is 2.35. The van der Waals surface area contributed by atoms with Crippen LogP contribution in [-0.2, 0) is 0 Å². The highest BCUT2D eigenvalue weighted by molar-refractivity contribution is 7.80. The summed E-state index contributed by atoms with van der Waals surface area (Å²) < 4.78 is 10.5. The molecule has 0 amide bonds. The minimum atomic E-state index is 0.442. The molecule has 111 valence electrons. The monoisotopic (exact) mass is 324 g/mol. The van der Waals surface area contributed by atoms with Crippen molar-refractivity contribution in [2.75, 3.05) is 26.1 Å². The molecule has 5 nitrogen and oxygen atoms in total. The molecule has 0 aliphatic carbocycles. The summed E-state index contributed by atoms with van der Waals surface area (Å²) in [5, 5.41) is 10.0. The first kappa shape index (κ1) is 15.5. The van der Waals surface area contributed by atoms with Gasteiger partial charge in [0.1, 0.15) is 11.5 Å². The molecule has 0 aromatic heterocycles. The van der Waals surface area contributed by atoms with Gasteiger partial charge in [0, 0.05) is 11.8 Å². The number of thiocarbonyl (C=S) groups is 1. The summed E-state index contributed by atoms with van der Waals surface area (Å²) >= 11 is 11.4. The van der Waals surface area contributed by atoms with Gasteiger partial charge in [0.25, 0.3) is 0 Å². The Morgan fingerprint density at radius 1 is 1.29 bits per heavy atom. The van der Waals surface area contributed by atoms with Crippen LogP contribution in [0.4, 0.5) is 5.69 Å². The van der Waals surface area contributed by atoms with Gasteiger partial charge in [0.15, 0.2) is 5.11 Å². The molecule has 1 aliphatic rings. The Balaban J connectivity index is 2.11. The van der Waals surface area contributed by atoms with Gasteiger partial charge in [0.2, 0.25) is 0 Å². The zero-order valence-corrected chi connectivity index (χ0v) is 13.2. The molecule has 0 atom stereocenters. The highest BCUT2D eigenvalue weighted by Gasteiger charge is 2.11. The van der Waals surface area contributed by atoms with Crippen molar-refractivity contribution >= 4 is 34.6 Å². The molecule has 1 aliphatic heterocycles. The van der Waals surface area contributed by atoms with E-state index in [1.54, 1.807) is 32.4 Å². The summed E-state index contributed by atoms with van der Waals surface area (Å²) in [5.41, 5.74) is 1.59. The number of methoxy groups -OCH3 is 2. The second-order valence-electron chi connectivity index (χ2n) is 4.12. The van der Waals surface area contributed by atoms with Crippen LogP contribution in [0.2, 0.25) is 5.02 Å². The molecule has 1 aromatic rings. The molecule has 0 saturated heterocycles. The Labute approximate surface area is 134 Å². The van der Waals surface area contributed by atoms with E-state index in [1.807, 2.05) is 6.08 Å². The van der Waals surface area contributed by atoms with Crippen LogP contribution < -0.4 is 25.4 Å². The number of rotatable bonds is 4. The Bertz CT molecular complexity index is 602. The van der Waals surface area contributed by atoms with Crippen molar-refractivity contribution in [2.45, 2.75) is 0 Å². The number of anilines is 1. The van der Waals surface area contributed by atoms with Gasteiger partial charge >= 0.3 is 0 Å². The van der Waals surface area contributed by atoms with E-state index in [0.717, 1.165) is 5.70 Å². The predicted molar refractivity (Wildman–Crippen MR) is 87.8 cm³/mol. The molecule has 1 heterocycles. The third-order valence-corrected chi connectivity index (χ3v) is 3.24. The molecule has 7 heteroatoms. The zero-order valence-electron chi connectivity index (χ0n) is 11.6. The smallest absolute Gasteiger partial charge is 0.175 e. The fraction of sp³-hybridized carbons (Fsp3) is 0.214. The summed E-state index contributed by atoms with van der Waals surface area (Å²) in [6, 6.07) is 3.40. The second-order valence-corrected chi connectivity index (χ2v) is 4.94. The topological polar surface area (TPSA) is 54.6 Å². The van der Waals surface area contributed by atoms with Gasteiger partial charge in [-0.1, -0.05) is 11.6 Å². The van der Waals surface area contributed by atoms with Gasteiger partial charge in [-0.25, -0.2) is 0 Å². The lowest BCUT2D eigenvalue weighted by Crippen LogP contribution is -2.32. The van der Waals surface area contributed by atoms with E-state index < -0.39 is 0 Å². The maximum Gasteiger partial charge on any atom is 0.175 e. The van der Waals surface area contributed by atoms with Gasteiger partial charge in [-0.2, -0.15) is 0 Å². The second kappa shape index (κ2) is 7.19. The van der Waals surface area contributed by atoms with E-state index in [4.69, 9.17) is 33.3 Å². The number of allylic oxidation sites excluding steroid dienone is 2. The molecule has 1 aromatic carbocycles. The Kier molecular flexibility index (Phi) is 5.30. The van der Waals surface area contributed by atoms with Crippen molar-refractivity contribution in [2.24, 2.45) is 0 Å². The summed E-state index contributed by atoms with van der Waals surface area (Å²) in [4.78, 5) is 0. The lowest BCUT2D eigenvalue weighted by atomic mass is 10.2. The molecule has 0 spiro atoms. The highest BCUT2D eigenvalue weighted by atomic mass is 35.5. The largest absolute Gasteiger partial charge is 0.495 e. The van der Waals surface area contributed by atoms with E-state index in [1.165, 1.54) is 0 Å². The molecule has 0 bridgehead atoms. The summed E-state index contributed by atoms with van der Waals surface area (Å²) in [6.07, 6.45) is 6.54. The molecule has 0 unspecified atom stereocenters. The van der Waals surface area contributed by atoms with Gasteiger partial charge in [0.05, 0.1) is 37.7 Å². The van der Waals surface area contributed by atoms with E-state index in [0.29, 0.717) is 33.9 Å². The first-order valence-electron chi connectivity index (χ1n) is 6.14. The number of ether oxygens (including phenoxy) is 2. The average Bonchev–Trinajstić information content (AvgIpc) is 2.48. The number of hydrogen-bond acceptors (Lipinski definition) is 4.